The van der Waals surface area contributed by atoms with Gasteiger partial charge in [-0.05, 0) is 71.4 Å². The summed E-state index contributed by atoms with van der Waals surface area (Å²) in [6, 6.07) is 20.9. The zero-order valence-electron chi connectivity index (χ0n) is 32.5. The van der Waals surface area contributed by atoms with Crippen LogP contribution >= 0.6 is 26.7 Å². The second kappa shape index (κ2) is 13.1. The van der Waals surface area contributed by atoms with Gasteiger partial charge in [0, 0.05) is 15.6 Å². The molecule has 0 radical (unpaired) electrons. The van der Waals surface area contributed by atoms with E-state index < -0.39 is 7.27 Å². The van der Waals surface area contributed by atoms with Gasteiger partial charge in [-0.1, -0.05) is 199 Å². The first kappa shape index (κ1) is 39.0. The van der Waals surface area contributed by atoms with Crippen molar-refractivity contribution in [2.75, 3.05) is 0 Å². The smallest absolute Gasteiger partial charge is 0.0583 e. The maximum absolute atomic E-state index is 8.10. The SMILES string of the molecule is CC(C)(C)c1cc(C(C)(C)C)c(P=C(c2ccccc2)P(Cl)c2c(C(C)(C)C)cc(C(C)(C)C)cc2C(C)(C)C)c(C(C)(C)C)c1. The van der Waals surface area contributed by atoms with Gasteiger partial charge in [0.25, 0.3) is 0 Å². The lowest BCUT2D eigenvalue weighted by atomic mass is 9.75. The Kier molecular flexibility index (Phi) is 11.1. The molecule has 252 valence electrons. The van der Waals surface area contributed by atoms with Gasteiger partial charge in [0.15, 0.2) is 0 Å². The van der Waals surface area contributed by atoms with Crippen LogP contribution in [0.2, 0.25) is 0 Å². The highest BCUT2D eigenvalue weighted by Crippen LogP contribution is 2.52. The third-order valence-electron chi connectivity index (χ3n) is 8.82. The van der Waals surface area contributed by atoms with E-state index in [2.05, 4.69) is 179 Å². The molecular formula is C43H63ClP2. The highest BCUT2D eigenvalue weighted by molar-refractivity contribution is 8.08. The first-order valence-electron chi connectivity index (χ1n) is 17.0. The standard InChI is InChI=1S/C43H63ClP2/c1-38(2,3)29-24-31(40(7,8)9)35(32(25-29)41(10,11)12)45-37(28-22-20-19-21-23-28)46(44)36-33(42(13,14)15)26-30(39(4,5)6)27-34(36)43(16,17)18/h19-27H,1-18H3. The van der Waals surface area contributed by atoms with E-state index in [0.29, 0.717) is 0 Å². The van der Waals surface area contributed by atoms with Crippen LogP contribution in [-0.2, 0) is 32.5 Å². The summed E-state index contributed by atoms with van der Waals surface area (Å²) >= 11 is 8.10. The number of hydrogen-bond acceptors (Lipinski definition) is 0. The molecule has 0 aliphatic heterocycles. The van der Waals surface area contributed by atoms with E-state index in [-0.39, 0.29) is 32.5 Å². The van der Waals surface area contributed by atoms with Crippen molar-refractivity contribution in [3.63, 3.8) is 0 Å². The summed E-state index contributed by atoms with van der Waals surface area (Å²) in [5.74, 6) is 0. The van der Waals surface area contributed by atoms with Gasteiger partial charge in [0.2, 0.25) is 0 Å². The molecule has 0 bridgehead atoms. The Morgan fingerprint density at radius 2 is 0.804 bits per heavy atom. The van der Waals surface area contributed by atoms with Gasteiger partial charge in [-0.25, -0.2) is 0 Å². The number of rotatable bonds is 4. The minimum absolute atomic E-state index is 0.0258. The van der Waals surface area contributed by atoms with Gasteiger partial charge in [-0.15, -0.1) is 0 Å². The van der Waals surface area contributed by atoms with Crippen molar-refractivity contribution in [1.29, 1.82) is 0 Å². The summed E-state index contributed by atoms with van der Waals surface area (Å²) in [4.78, 5) is 0. The zero-order chi connectivity index (χ0) is 35.4. The lowest BCUT2D eigenvalue weighted by Gasteiger charge is -2.36. The Morgan fingerprint density at radius 3 is 1.11 bits per heavy atom. The molecule has 3 rings (SSSR count). The normalized spacial score (nSPS) is 14.9. The topological polar surface area (TPSA) is 0 Å². The molecule has 0 heterocycles. The zero-order valence-corrected chi connectivity index (χ0v) is 35.0. The average molecular weight is 677 g/mol. The Bertz CT molecular complexity index is 1500. The van der Waals surface area contributed by atoms with E-state index in [9.17, 15) is 0 Å². The van der Waals surface area contributed by atoms with E-state index in [1.54, 1.807) is 0 Å². The van der Waals surface area contributed by atoms with Gasteiger partial charge in [-0.3, -0.25) is 0 Å². The second-order valence-corrected chi connectivity index (χ2v) is 23.4. The molecule has 1 unspecified atom stereocenters. The molecule has 0 aliphatic carbocycles. The van der Waals surface area contributed by atoms with E-state index in [0.717, 1.165) is 0 Å². The van der Waals surface area contributed by atoms with Crippen molar-refractivity contribution in [2.45, 2.75) is 157 Å². The van der Waals surface area contributed by atoms with E-state index in [4.69, 9.17) is 11.2 Å². The molecule has 0 fully saturated rings. The minimum Gasteiger partial charge on any atom is -0.0854 e. The predicted octanol–water partition coefficient (Wildman–Crippen LogP) is 13.2. The highest BCUT2D eigenvalue weighted by atomic mass is 35.7. The van der Waals surface area contributed by atoms with Gasteiger partial charge < -0.3 is 0 Å². The van der Waals surface area contributed by atoms with Gasteiger partial charge in [0.1, 0.15) is 0 Å². The molecule has 3 aromatic carbocycles. The summed E-state index contributed by atoms with van der Waals surface area (Å²) in [6.07, 6.45) is 0. The molecule has 1 atom stereocenters. The first-order valence-corrected chi connectivity index (χ1v) is 20.2. The second-order valence-electron chi connectivity index (χ2n) is 19.4. The van der Waals surface area contributed by atoms with Gasteiger partial charge in [0.05, 0.1) is 7.27 Å². The van der Waals surface area contributed by atoms with Crippen LogP contribution in [0.5, 0.6) is 0 Å². The van der Waals surface area contributed by atoms with Crippen molar-refractivity contribution in [1.82, 2.24) is 0 Å². The van der Waals surface area contributed by atoms with Crippen LogP contribution < -0.4 is 10.6 Å². The summed E-state index contributed by atoms with van der Waals surface area (Å²) in [5.41, 5.74) is 9.55. The Balaban J connectivity index is 2.61. The molecule has 3 aromatic rings. The third kappa shape index (κ3) is 8.96. The summed E-state index contributed by atoms with van der Waals surface area (Å²) in [6.45, 7) is 42.3. The maximum atomic E-state index is 8.10. The molecular weight excluding hydrogens is 614 g/mol. The van der Waals surface area contributed by atoms with Crippen LogP contribution in [0, 0.1) is 0 Å². The summed E-state index contributed by atoms with van der Waals surface area (Å²) in [7, 11) is -0.00969. The Hall–Kier alpha value is -1.45. The largest absolute Gasteiger partial charge is 0.0854 e. The van der Waals surface area contributed by atoms with Crippen LogP contribution in [0.4, 0.5) is 0 Å². The average Bonchev–Trinajstić information content (AvgIpc) is 2.87. The molecule has 0 amide bonds. The quantitative estimate of drug-likeness (QED) is 0.241. The molecule has 0 aromatic heterocycles. The molecule has 3 heteroatoms. The summed E-state index contributed by atoms with van der Waals surface area (Å²) < 4.78 is 0. The fourth-order valence-corrected chi connectivity index (χ4v) is 11.2. The minimum atomic E-state index is -1.21. The molecule has 0 N–H and O–H groups in total. The lowest BCUT2D eigenvalue weighted by molar-refractivity contribution is 0.553. The number of hydrogen-bond donors (Lipinski definition) is 0. The van der Waals surface area contributed by atoms with Gasteiger partial charge >= 0.3 is 0 Å². The monoisotopic (exact) mass is 676 g/mol. The first-order chi connectivity index (χ1) is 20.5. The predicted molar refractivity (Wildman–Crippen MR) is 215 cm³/mol. The molecule has 0 nitrogen and oxygen atoms in total. The highest BCUT2D eigenvalue weighted by Gasteiger charge is 2.35. The molecule has 46 heavy (non-hydrogen) atoms. The molecule has 0 aliphatic rings. The van der Waals surface area contributed by atoms with E-state index >= 15 is 0 Å². The fourth-order valence-electron chi connectivity index (χ4n) is 5.77. The number of halogens is 1. The van der Waals surface area contributed by atoms with Crippen molar-refractivity contribution in [3.8, 4) is 0 Å². The maximum Gasteiger partial charge on any atom is 0.0583 e. The van der Waals surface area contributed by atoms with Crippen molar-refractivity contribution < 1.29 is 0 Å². The fraction of sp³-hybridized carbons (Fsp3) is 0.558. The Morgan fingerprint density at radius 1 is 0.478 bits per heavy atom. The van der Waals surface area contributed by atoms with Crippen LogP contribution in [0.25, 0.3) is 0 Å². The lowest BCUT2D eigenvalue weighted by Crippen LogP contribution is -2.32. The van der Waals surface area contributed by atoms with Crippen molar-refractivity contribution in [3.05, 3.63) is 93.5 Å². The van der Waals surface area contributed by atoms with Crippen molar-refractivity contribution in [2.24, 2.45) is 0 Å². The molecule has 0 saturated heterocycles. The van der Waals surface area contributed by atoms with Crippen LogP contribution in [0.15, 0.2) is 54.6 Å². The van der Waals surface area contributed by atoms with Crippen LogP contribution in [0.1, 0.15) is 164 Å². The van der Waals surface area contributed by atoms with Gasteiger partial charge in [-0.2, -0.15) is 0 Å². The molecule has 0 saturated carbocycles. The Labute approximate surface area is 291 Å². The summed E-state index contributed by atoms with van der Waals surface area (Å²) in [5, 5.41) is 4.08. The van der Waals surface area contributed by atoms with Crippen LogP contribution in [0.3, 0.4) is 0 Å². The number of benzene rings is 3. The van der Waals surface area contributed by atoms with E-state index in [1.165, 1.54) is 62.8 Å². The van der Waals surface area contributed by atoms with Crippen molar-refractivity contribution >= 4 is 42.4 Å². The molecule has 0 spiro atoms. The van der Waals surface area contributed by atoms with Crippen LogP contribution in [-0.4, -0.2) is 5.03 Å². The van der Waals surface area contributed by atoms with E-state index in [1.807, 2.05) is 0 Å². The third-order valence-corrected chi connectivity index (χ3v) is 13.8.